The van der Waals surface area contributed by atoms with E-state index in [1.165, 1.54) is 21.8 Å². The van der Waals surface area contributed by atoms with Crippen molar-refractivity contribution in [2.75, 3.05) is 0 Å². The SMILES string of the molecule is Brc1cc2nc(-c3cccc(-n4c5ccccc5c5ccccc54)c3)cnc2s1. The zero-order valence-electron chi connectivity index (χ0n) is 15.2. The van der Waals surface area contributed by atoms with Crippen LogP contribution in [0, 0.1) is 0 Å². The van der Waals surface area contributed by atoms with Gasteiger partial charge < -0.3 is 4.57 Å². The van der Waals surface area contributed by atoms with E-state index in [0.717, 1.165) is 31.1 Å². The van der Waals surface area contributed by atoms with E-state index in [0.29, 0.717) is 0 Å². The Hall–Kier alpha value is -3.02. The molecule has 0 unspecified atom stereocenters. The molecule has 0 amide bonds. The molecule has 3 aromatic heterocycles. The smallest absolute Gasteiger partial charge is 0.142 e. The van der Waals surface area contributed by atoms with E-state index in [9.17, 15) is 0 Å². The van der Waals surface area contributed by atoms with Crippen molar-refractivity contribution in [2.24, 2.45) is 0 Å². The average Bonchev–Trinajstić information content (AvgIpc) is 3.30. The van der Waals surface area contributed by atoms with Crippen molar-refractivity contribution >= 4 is 59.4 Å². The molecule has 0 aliphatic heterocycles. The number of aromatic nitrogens is 3. The molecule has 0 bridgehead atoms. The number of halogens is 1. The van der Waals surface area contributed by atoms with Gasteiger partial charge in [0.1, 0.15) is 10.3 Å². The van der Waals surface area contributed by atoms with E-state index in [1.54, 1.807) is 11.3 Å². The van der Waals surface area contributed by atoms with Gasteiger partial charge in [0.15, 0.2) is 0 Å². The Morgan fingerprint density at radius 3 is 2.28 bits per heavy atom. The van der Waals surface area contributed by atoms with E-state index in [4.69, 9.17) is 4.98 Å². The highest BCUT2D eigenvalue weighted by atomic mass is 79.9. The number of nitrogens with zero attached hydrogens (tertiary/aromatic N) is 3. The summed E-state index contributed by atoms with van der Waals surface area (Å²) in [6.07, 6.45) is 1.86. The normalized spacial score (nSPS) is 11.6. The molecular formula is C24H14BrN3S. The van der Waals surface area contributed by atoms with Crippen molar-refractivity contribution in [2.45, 2.75) is 0 Å². The summed E-state index contributed by atoms with van der Waals surface area (Å²) in [7, 11) is 0. The average molecular weight is 456 g/mol. The topological polar surface area (TPSA) is 30.7 Å². The monoisotopic (exact) mass is 455 g/mol. The molecule has 0 aliphatic carbocycles. The highest BCUT2D eigenvalue weighted by Crippen LogP contribution is 2.33. The molecule has 29 heavy (non-hydrogen) atoms. The third-order valence-electron chi connectivity index (χ3n) is 5.19. The molecular weight excluding hydrogens is 442 g/mol. The zero-order valence-corrected chi connectivity index (χ0v) is 17.6. The van der Waals surface area contributed by atoms with Crippen LogP contribution in [0.4, 0.5) is 0 Å². The van der Waals surface area contributed by atoms with Gasteiger partial charge in [-0.1, -0.05) is 48.5 Å². The molecule has 0 saturated heterocycles. The number of thiophene rings is 1. The molecule has 0 N–H and O–H groups in total. The van der Waals surface area contributed by atoms with Crippen LogP contribution in [0.1, 0.15) is 0 Å². The van der Waals surface area contributed by atoms with Crippen molar-refractivity contribution in [1.29, 1.82) is 0 Å². The maximum absolute atomic E-state index is 4.82. The Balaban J connectivity index is 1.58. The van der Waals surface area contributed by atoms with Crippen molar-refractivity contribution in [3.8, 4) is 16.9 Å². The summed E-state index contributed by atoms with van der Waals surface area (Å²) in [5.74, 6) is 0. The molecule has 0 radical (unpaired) electrons. The summed E-state index contributed by atoms with van der Waals surface area (Å²) in [5, 5.41) is 2.52. The van der Waals surface area contributed by atoms with Crippen LogP contribution in [0.5, 0.6) is 0 Å². The van der Waals surface area contributed by atoms with Crippen LogP contribution in [0.3, 0.4) is 0 Å². The minimum atomic E-state index is 0.880. The van der Waals surface area contributed by atoms with Gasteiger partial charge in [-0.2, -0.15) is 0 Å². The summed E-state index contributed by atoms with van der Waals surface area (Å²) in [5.41, 5.74) is 6.38. The Morgan fingerprint density at radius 2 is 1.52 bits per heavy atom. The first-order valence-electron chi connectivity index (χ1n) is 9.29. The van der Waals surface area contributed by atoms with Crippen LogP contribution < -0.4 is 0 Å². The molecule has 3 nitrogen and oxygen atoms in total. The summed E-state index contributed by atoms with van der Waals surface area (Å²) >= 11 is 5.12. The van der Waals surface area contributed by atoms with E-state index in [1.807, 2.05) is 12.3 Å². The Labute approximate surface area is 179 Å². The van der Waals surface area contributed by atoms with Crippen LogP contribution in [-0.2, 0) is 0 Å². The predicted molar refractivity (Wildman–Crippen MR) is 125 cm³/mol. The number of benzene rings is 3. The maximum Gasteiger partial charge on any atom is 0.142 e. The first-order chi connectivity index (χ1) is 14.3. The molecule has 0 saturated carbocycles. The lowest BCUT2D eigenvalue weighted by atomic mass is 10.1. The number of hydrogen-bond acceptors (Lipinski definition) is 3. The van der Waals surface area contributed by atoms with Gasteiger partial charge in [0.25, 0.3) is 0 Å². The van der Waals surface area contributed by atoms with Crippen molar-refractivity contribution in [3.63, 3.8) is 0 Å². The van der Waals surface area contributed by atoms with Crippen LogP contribution in [0.25, 0.3) is 49.1 Å². The fourth-order valence-corrected chi connectivity index (χ4v) is 5.29. The molecule has 3 aromatic carbocycles. The van der Waals surface area contributed by atoms with E-state index < -0.39 is 0 Å². The first kappa shape index (κ1) is 16.9. The van der Waals surface area contributed by atoms with Gasteiger partial charge in [0.2, 0.25) is 0 Å². The van der Waals surface area contributed by atoms with Gasteiger partial charge in [-0.05, 0) is 46.3 Å². The summed E-state index contributed by atoms with van der Waals surface area (Å²) in [4.78, 5) is 10.4. The quantitative estimate of drug-likeness (QED) is 0.276. The highest BCUT2D eigenvalue weighted by Gasteiger charge is 2.12. The second-order valence-electron chi connectivity index (χ2n) is 6.92. The van der Waals surface area contributed by atoms with E-state index >= 15 is 0 Å². The molecule has 0 atom stereocenters. The van der Waals surface area contributed by atoms with Crippen LogP contribution in [0.15, 0.2) is 88.8 Å². The van der Waals surface area contributed by atoms with E-state index in [-0.39, 0.29) is 0 Å². The summed E-state index contributed by atoms with van der Waals surface area (Å²) < 4.78 is 3.37. The molecule has 138 valence electrons. The second-order valence-corrected chi connectivity index (χ2v) is 9.33. The number of hydrogen-bond donors (Lipinski definition) is 0. The summed E-state index contributed by atoms with van der Waals surface area (Å²) in [6, 6.07) is 27.6. The molecule has 0 spiro atoms. The lowest BCUT2D eigenvalue weighted by Gasteiger charge is -2.10. The molecule has 6 aromatic rings. The lowest BCUT2D eigenvalue weighted by molar-refractivity contribution is 1.18. The van der Waals surface area contributed by atoms with Crippen LogP contribution >= 0.6 is 27.3 Å². The predicted octanol–water partition coefficient (Wildman–Crippen LogP) is 7.22. The van der Waals surface area contributed by atoms with Gasteiger partial charge in [-0.3, -0.25) is 0 Å². The maximum atomic E-state index is 4.82. The molecule has 0 aliphatic rings. The molecule has 6 rings (SSSR count). The third kappa shape index (κ3) is 2.69. The fraction of sp³-hybridized carbons (Fsp3) is 0. The lowest BCUT2D eigenvalue weighted by Crippen LogP contribution is -1.95. The largest absolute Gasteiger partial charge is 0.309 e. The Kier molecular flexibility index (Phi) is 3.79. The van der Waals surface area contributed by atoms with Gasteiger partial charge >= 0.3 is 0 Å². The zero-order chi connectivity index (χ0) is 19.4. The van der Waals surface area contributed by atoms with E-state index in [2.05, 4.69) is 98.3 Å². The highest BCUT2D eigenvalue weighted by molar-refractivity contribution is 9.11. The van der Waals surface area contributed by atoms with Gasteiger partial charge in [-0.15, -0.1) is 11.3 Å². The molecule has 0 fully saturated rings. The summed E-state index contributed by atoms with van der Waals surface area (Å²) in [6.45, 7) is 0. The van der Waals surface area contributed by atoms with Gasteiger partial charge in [-0.25, -0.2) is 9.97 Å². The minimum absolute atomic E-state index is 0.880. The van der Waals surface area contributed by atoms with Gasteiger partial charge in [0, 0.05) is 22.0 Å². The van der Waals surface area contributed by atoms with Crippen LogP contribution in [0.2, 0.25) is 0 Å². The fourth-order valence-electron chi connectivity index (χ4n) is 3.94. The Bertz CT molecular complexity index is 1480. The minimum Gasteiger partial charge on any atom is -0.309 e. The number of fused-ring (bicyclic) bond motifs is 4. The van der Waals surface area contributed by atoms with Gasteiger partial charge in [0.05, 0.1) is 26.7 Å². The first-order valence-corrected chi connectivity index (χ1v) is 10.9. The number of rotatable bonds is 2. The molecule has 3 heterocycles. The molecule has 5 heteroatoms. The third-order valence-corrected chi connectivity index (χ3v) is 6.72. The standard InChI is InChI=1S/C24H14BrN3S/c25-23-13-19-24(29-23)26-14-20(27-19)15-6-5-7-16(12-15)28-21-10-3-1-8-17(21)18-9-2-4-11-22(18)28/h1-14H. The van der Waals surface area contributed by atoms with Crippen molar-refractivity contribution in [1.82, 2.24) is 14.5 Å². The Morgan fingerprint density at radius 1 is 0.793 bits per heavy atom. The van der Waals surface area contributed by atoms with Crippen molar-refractivity contribution < 1.29 is 0 Å². The number of para-hydroxylation sites is 2. The van der Waals surface area contributed by atoms with Crippen LogP contribution in [-0.4, -0.2) is 14.5 Å². The van der Waals surface area contributed by atoms with Crippen molar-refractivity contribution in [3.05, 3.63) is 88.8 Å². The second kappa shape index (κ2) is 6.51.